The second-order valence-corrected chi connectivity index (χ2v) is 8.14. The number of anilines is 1. The third-order valence-electron chi connectivity index (χ3n) is 5.47. The molecule has 1 N–H and O–H groups in total. The summed E-state index contributed by atoms with van der Waals surface area (Å²) in [6.45, 7) is 0.920. The van der Waals surface area contributed by atoms with Crippen molar-refractivity contribution in [3.63, 3.8) is 0 Å². The molecule has 2 aromatic heterocycles. The van der Waals surface area contributed by atoms with E-state index in [9.17, 15) is 4.79 Å². The zero-order valence-corrected chi connectivity index (χ0v) is 17.4. The Kier molecular flexibility index (Phi) is 5.92. The second kappa shape index (κ2) is 8.59. The molecule has 1 fully saturated rings. The van der Waals surface area contributed by atoms with Crippen molar-refractivity contribution in [2.75, 3.05) is 11.4 Å². The van der Waals surface area contributed by atoms with Crippen molar-refractivity contribution >= 4 is 45.9 Å². The van der Waals surface area contributed by atoms with Gasteiger partial charge in [-0.2, -0.15) is 0 Å². The topological polar surface area (TPSA) is 71.2 Å². The molecule has 1 aliphatic heterocycles. The van der Waals surface area contributed by atoms with Crippen LogP contribution in [0.1, 0.15) is 38.5 Å². The Bertz CT molecular complexity index is 1020. The Hall–Kier alpha value is -2.31. The molecule has 0 radical (unpaired) electrons. The van der Waals surface area contributed by atoms with E-state index < -0.39 is 5.97 Å². The first-order valence-corrected chi connectivity index (χ1v) is 10.6. The highest BCUT2D eigenvalue weighted by molar-refractivity contribution is 6.45. The first-order chi connectivity index (χ1) is 14.0. The van der Waals surface area contributed by atoms with Crippen LogP contribution in [-0.4, -0.2) is 38.2 Å². The van der Waals surface area contributed by atoms with E-state index >= 15 is 0 Å². The molecular weight excluding hydrogens is 411 g/mol. The summed E-state index contributed by atoms with van der Waals surface area (Å²) in [6, 6.07) is 6.14. The number of carboxylic acids is 1. The van der Waals surface area contributed by atoms with Crippen LogP contribution in [0.5, 0.6) is 0 Å². The van der Waals surface area contributed by atoms with E-state index in [4.69, 9.17) is 33.3 Å². The van der Waals surface area contributed by atoms with Gasteiger partial charge in [-0.3, -0.25) is 4.79 Å². The smallest absolute Gasteiger partial charge is 0.303 e. The molecule has 0 saturated carbocycles. The molecule has 8 heteroatoms. The monoisotopic (exact) mass is 432 g/mol. The number of imidazole rings is 1. The van der Waals surface area contributed by atoms with Gasteiger partial charge in [0.15, 0.2) is 0 Å². The number of aliphatic carboxylic acids is 1. The van der Waals surface area contributed by atoms with Crippen molar-refractivity contribution in [1.82, 2.24) is 14.5 Å². The number of rotatable bonds is 7. The minimum atomic E-state index is -0.735. The van der Waals surface area contributed by atoms with Gasteiger partial charge >= 0.3 is 5.97 Å². The third-order valence-corrected chi connectivity index (χ3v) is 6.26. The maximum absolute atomic E-state index is 10.8. The van der Waals surface area contributed by atoms with E-state index in [-0.39, 0.29) is 6.42 Å². The van der Waals surface area contributed by atoms with E-state index in [1.165, 1.54) is 0 Å². The maximum Gasteiger partial charge on any atom is 0.303 e. The van der Waals surface area contributed by atoms with Crippen molar-refractivity contribution in [2.45, 2.75) is 44.6 Å². The Labute approximate surface area is 179 Å². The second-order valence-electron chi connectivity index (χ2n) is 7.36. The van der Waals surface area contributed by atoms with Gasteiger partial charge in [0, 0.05) is 42.9 Å². The highest BCUT2D eigenvalue weighted by Crippen LogP contribution is 2.36. The van der Waals surface area contributed by atoms with Gasteiger partial charge in [-0.25, -0.2) is 9.97 Å². The summed E-state index contributed by atoms with van der Waals surface area (Å²) in [5, 5.41) is 10.7. The number of hydrogen-bond acceptors (Lipinski definition) is 4. The SMILES string of the molecule is O=C(O)CCCC[C@@H]1CCCN1c1cc(-n2ccnc2)c2ccc(Cl)c(Cl)c2n1. The number of halogens is 2. The number of carbonyl (C=O) groups is 1. The number of unbranched alkanes of at least 4 members (excludes halogenated alkanes) is 1. The van der Waals surface area contributed by atoms with Crippen molar-refractivity contribution in [2.24, 2.45) is 0 Å². The molecule has 4 rings (SSSR count). The first-order valence-electron chi connectivity index (χ1n) is 9.80. The molecule has 1 atom stereocenters. The number of aromatic nitrogens is 3. The predicted octanol–water partition coefficient (Wildman–Crippen LogP) is 5.34. The molecular formula is C21H22Cl2N4O2. The lowest BCUT2D eigenvalue weighted by Gasteiger charge is -2.27. The number of benzene rings is 1. The minimum Gasteiger partial charge on any atom is -0.481 e. The Morgan fingerprint density at radius 2 is 2.14 bits per heavy atom. The highest BCUT2D eigenvalue weighted by Gasteiger charge is 2.26. The number of pyridine rings is 1. The number of nitrogens with zero attached hydrogens (tertiary/aromatic N) is 4. The normalized spacial score (nSPS) is 16.6. The molecule has 29 heavy (non-hydrogen) atoms. The lowest BCUT2D eigenvalue weighted by molar-refractivity contribution is -0.137. The molecule has 1 aliphatic rings. The van der Waals surface area contributed by atoms with Gasteiger partial charge in [-0.1, -0.05) is 29.6 Å². The number of hydrogen-bond donors (Lipinski definition) is 1. The van der Waals surface area contributed by atoms with Crippen molar-refractivity contribution < 1.29 is 9.90 Å². The summed E-state index contributed by atoms with van der Waals surface area (Å²) >= 11 is 12.8. The molecule has 3 aromatic rings. The number of carboxylic acid groups (broad SMARTS) is 1. The zero-order chi connectivity index (χ0) is 20.4. The van der Waals surface area contributed by atoms with Gasteiger partial charge in [0.25, 0.3) is 0 Å². The zero-order valence-electron chi connectivity index (χ0n) is 15.9. The molecule has 0 unspecified atom stereocenters. The third kappa shape index (κ3) is 4.19. The quantitative estimate of drug-likeness (QED) is 0.510. The molecule has 0 bridgehead atoms. The molecule has 1 saturated heterocycles. The molecule has 0 amide bonds. The van der Waals surface area contributed by atoms with E-state index in [0.29, 0.717) is 28.0 Å². The average molecular weight is 433 g/mol. The van der Waals surface area contributed by atoms with Crippen molar-refractivity contribution in [1.29, 1.82) is 0 Å². The standard InChI is InChI=1S/C21H22Cl2N4O2/c22-16-8-7-15-17(26-11-9-24-13-26)12-18(25-21(15)20(16)23)27-10-3-5-14(27)4-1-2-6-19(28)29/h7-9,11-14H,1-6,10H2,(H,28,29)/t14-/m1/s1. The summed E-state index contributed by atoms with van der Waals surface area (Å²) in [6.07, 6.45) is 10.3. The summed E-state index contributed by atoms with van der Waals surface area (Å²) < 4.78 is 1.95. The van der Waals surface area contributed by atoms with E-state index in [1.807, 2.05) is 16.8 Å². The Morgan fingerprint density at radius 3 is 2.90 bits per heavy atom. The largest absolute Gasteiger partial charge is 0.481 e. The van der Waals surface area contributed by atoms with Crippen LogP contribution < -0.4 is 4.90 Å². The number of fused-ring (bicyclic) bond motifs is 1. The average Bonchev–Trinajstić information content (AvgIpc) is 3.39. The van der Waals surface area contributed by atoms with E-state index in [2.05, 4.69) is 16.0 Å². The van der Waals surface area contributed by atoms with Crippen molar-refractivity contribution in [3.8, 4) is 5.69 Å². The van der Waals surface area contributed by atoms with Crippen LogP contribution in [0.3, 0.4) is 0 Å². The molecule has 152 valence electrons. The fourth-order valence-corrected chi connectivity index (χ4v) is 4.42. The predicted molar refractivity (Wildman–Crippen MR) is 115 cm³/mol. The Balaban J connectivity index is 1.69. The molecule has 6 nitrogen and oxygen atoms in total. The summed E-state index contributed by atoms with van der Waals surface area (Å²) in [4.78, 5) is 22.1. The van der Waals surface area contributed by atoms with Crippen LogP contribution in [0, 0.1) is 0 Å². The van der Waals surface area contributed by atoms with Gasteiger partial charge < -0.3 is 14.6 Å². The molecule has 1 aromatic carbocycles. The van der Waals surface area contributed by atoms with Crippen LogP contribution in [0.15, 0.2) is 36.9 Å². The van der Waals surface area contributed by atoms with Gasteiger partial charge in [0.1, 0.15) is 5.82 Å². The van der Waals surface area contributed by atoms with Gasteiger partial charge in [-0.05, 0) is 37.8 Å². The summed E-state index contributed by atoms with van der Waals surface area (Å²) in [5.41, 5.74) is 1.63. The maximum atomic E-state index is 10.8. The Morgan fingerprint density at radius 1 is 1.28 bits per heavy atom. The summed E-state index contributed by atoms with van der Waals surface area (Å²) in [5.74, 6) is 0.132. The first kappa shape index (κ1) is 20.0. The molecule has 0 aliphatic carbocycles. The van der Waals surface area contributed by atoms with Gasteiger partial charge in [0.2, 0.25) is 0 Å². The lowest BCUT2D eigenvalue weighted by Crippen LogP contribution is -2.30. The van der Waals surface area contributed by atoms with Gasteiger partial charge in [0.05, 0.1) is 27.6 Å². The van der Waals surface area contributed by atoms with Crippen LogP contribution in [0.2, 0.25) is 10.0 Å². The van der Waals surface area contributed by atoms with Crippen LogP contribution in [0.25, 0.3) is 16.6 Å². The minimum absolute atomic E-state index is 0.222. The van der Waals surface area contributed by atoms with Crippen LogP contribution in [0.4, 0.5) is 5.82 Å². The molecule has 0 spiro atoms. The fourth-order valence-electron chi connectivity index (χ4n) is 4.06. The molecule has 3 heterocycles. The van der Waals surface area contributed by atoms with Crippen LogP contribution >= 0.6 is 23.2 Å². The van der Waals surface area contributed by atoms with E-state index in [0.717, 1.165) is 49.1 Å². The lowest BCUT2D eigenvalue weighted by atomic mass is 10.1. The van der Waals surface area contributed by atoms with Crippen molar-refractivity contribution in [3.05, 3.63) is 47.0 Å². The van der Waals surface area contributed by atoms with Crippen LogP contribution in [-0.2, 0) is 4.79 Å². The van der Waals surface area contributed by atoms with Gasteiger partial charge in [-0.15, -0.1) is 0 Å². The van der Waals surface area contributed by atoms with E-state index in [1.54, 1.807) is 18.6 Å². The highest BCUT2D eigenvalue weighted by atomic mass is 35.5. The fraction of sp³-hybridized carbons (Fsp3) is 0.381. The summed E-state index contributed by atoms with van der Waals surface area (Å²) in [7, 11) is 0.